The molecule has 3 fully saturated rings. The normalized spacial score (nSPS) is 57.0. The molecule has 0 aliphatic heterocycles. The van der Waals surface area contributed by atoms with Gasteiger partial charge in [0.2, 0.25) is 0 Å². The summed E-state index contributed by atoms with van der Waals surface area (Å²) in [6, 6.07) is 0. The highest BCUT2D eigenvalue weighted by Crippen LogP contribution is 2.61. The van der Waals surface area contributed by atoms with Gasteiger partial charge in [0.15, 0.2) is 0 Å². The Morgan fingerprint density at radius 2 is 1.62 bits per heavy atom. The SMILES string of the molecule is CC1(C)CC2CC3C(CC3C2O)C1. The monoisotopic (exact) mass is 180 g/mol. The van der Waals surface area contributed by atoms with Crippen molar-refractivity contribution in [2.75, 3.05) is 0 Å². The fourth-order valence-electron chi connectivity index (χ4n) is 4.39. The molecule has 5 atom stereocenters. The Labute approximate surface area is 80.5 Å². The first kappa shape index (κ1) is 8.28. The molecular formula is C12H20O. The van der Waals surface area contributed by atoms with E-state index in [1.165, 1.54) is 25.7 Å². The molecule has 5 unspecified atom stereocenters. The van der Waals surface area contributed by atoms with Crippen molar-refractivity contribution in [2.24, 2.45) is 29.1 Å². The van der Waals surface area contributed by atoms with Crippen molar-refractivity contribution in [3.8, 4) is 0 Å². The van der Waals surface area contributed by atoms with Crippen LogP contribution in [0.15, 0.2) is 0 Å². The summed E-state index contributed by atoms with van der Waals surface area (Å²) in [5.74, 6) is 3.20. The minimum absolute atomic E-state index is 0.0563. The lowest BCUT2D eigenvalue weighted by atomic mass is 9.60. The molecule has 3 aliphatic carbocycles. The van der Waals surface area contributed by atoms with Crippen molar-refractivity contribution >= 4 is 0 Å². The van der Waals surface area contributed by atoms with Gasteiger partial charge in [0.1, 0.15) is 0 Å². The molecule has 0 radical (unpaired) electrons. The van der Waals surface area contributed by atoms with Crippen molar-refractivity contribution in [1.29, 1.82) is 0 Å². The van der Waals surface area contributed by atoms with E-state index in [4.69, 9.17) is 0 Å². The Hall–Kier alpha value is -0.0400. The first-order valence-corrected chi connectivity index (χ1v) is 5.75. The van der Waals surface area contributed by atoms with Gasteiger partial charge in [-0.3, -0.25) is 0 Å². The predicted octanol–water partition coefficient (Wildman–Crippen LogP) is 2.44. The van der Waals surface area contributed by atoms with Crippen molar-refractivity contribution < 1.29 is 5.11 Å². The van der Waals surface area contributed by atoms with Crippen LogP contribution in [-0.2, 0) is 0 Å². The molecule has 1 heteroatoms. The standard InChI is InChI=1S/C12H20O/c1-12(2)5-7-3-10-9(7)4-8(6-12)11(10)13/h7-11,13H,3-6H2,1-2H3. The summed E-state index contributed by atoms with van der Waals surface area (Å²) in [5.41, 5.74) is 0.496. The first-order chi connectivity index (χ1) is 6.07. The van der Waals surface area contributed by atoms with Crippen molar-refractivity contribution in [3.05, 3.63) is 0 Å². The van der Waals surface area contributed by atoms with Crippen molar-refractivity contribution in [1.82, 2.24) is 0 Å². The van der Waals surface area contributed by atoms with Crippen LogP contribution in [0, 0.1) is 29.1 Å². The molecule has 0 saturated heterocycles. The van der Waals surface area contributed by atoms with E-state index < -0.39 is 0 Å². The third-order valence-electron chi connectivity index (χ3n) is 4.86. The molecule has 1 nitrogen and oxygen atoms in total. The van der Waals surface area contributed by atoms with E-state index in [2.05, 4.69) is 13.8 Å². The fourth-order valence-corrected chi connectivity index (χ4v) is 4.39. The minimum Gasteiger partial charge on any atom is -0.393 e. The lowest BCUT2D eigenvalue weighted by Crippen LogP contribution is -2.42. The molecule has 3 saturated carbocycles. The fraction of sp³-hybridized carbons (Fsp3) is 1.00. The summed E-state index contributed by atoms with van der Waals surface area (Å²) in [6.45, 7) is 4.77. The van der Waals surface area contributed by atoms with E-state index in [-0.39, 0.29) is 6.10 Å². The second kappa shape index (κ2) is 2.31. The molecule has 0 aromatic rings. The van der Waals surface area contributed by atoms with Crippen LogP contribution < -0.4 is 0 Å². The van der Waals surface area contributed by atoms with Crippen LogP contribution >= 0.6 is 0 Å². The number of aliphatic hydroxyl groups excluding tert-OH is 1. The van der Waals surface area contributed by atoms with Crippen LogP contribution in [-0.4, -0.2) is 11.2 Å². The highest BCUT2D eigenvalue weighted by Gasteiger charge is 2.56. The van der Waals surface area contributed by atoms with Gasteiger partial charge in [0.05, 0.1) is 6.10 Å². The maximum Gasteiger partial charge on any atom is 0.0599 e. The van der Waals surface area contributed by atoms with Gasteiger partial charge in [-0.25, -0.2) is 0 Å². The summed E-state index contributed by atoms with van der Waals surface area (Å²) in [5, 5.41) is 10.1. The lowest BCUT2D eigenvalue weighted by molar-refractivity contribution is -0.0341. The maximum absolute atomic E-state index is 10.1. The van der Waals surface area contributed by atoms with Gasteiger partial charge in [-0.15, -0.1) is 0 Å². The average molecular weight is 180 g/mol. The Bertz CT molecular complexity index is 233. The van der Waals surface area contributed by atoms with Crippen LogP contribution in [0.3, 0.4) is 0 Å². The van der Waals surface area contributed by atoms with E-state index in [1.54, 1.807) is 0 Å². The van der Waals surface area contributed by atoms with Crippen LogP contribution in [0.1, 0.15) is 39.5 Å². The van der Waals surface area contributed by atoms with Crippen LogP contribution in [0.4, 0.5) is 0 Å². The number of rotatable bonds is 0. The summed E-state index contributed by atoms with van der Waals surface area (Å²) < 4.78 is 0. The number of fused-ring (bicyclic) bond motifs is 1. The van der Waals surface area contributed by atoms with E-state index in [0.29, 0.717) is 17.3 Å². The van der Waals surface area contributed by atoms with Gasteiger partial charge < -0.3 is 5.11 Å². The van der Waals surface area contributed by atoms with E-state index in [1.807, 2.05) is 0 Å². The largest absolute Gasteiger partial charge is 0.393 e. The second-order valence-corrected chi connectivity index (χ2v) is 6.38. The third-order valence-corrected chi connectivity index (χ3v) is 4.86. The van der Waals surface area contributed by atoms with Gasteiger partial charge >= 0.3 is 0 Å². The molecule has 1 N–H and O–H groups in total. The predicted molar refractivity (Wildman–Crippen MR) is 52.2 cm³/mol. The summed E-state index contributed by atoms with van der Waals surface area (Å²) >= 11 is 0. The molecule has 0 heterocycles. The quantitative estimate of drug-likeness (QED) is 0.607. The smallest absolute Gasteiger partial charge is 0.0599 e. The van der Waals surface area contributed by atoms with Gasteiger partial charge in [-0.2, -0.15) is 0 Å². The Morgan fingerprint density at radius 3 is 2.38 bits per heavy atom. The lowest BCUT2D eigenvalue weighted by Gasteiger charge is -2.46. The topological polar surface area (TPSA) is 20.2 Å². The van der Waals surface area contributed by atoms with Crippen molar-refractivity contribution in [2.45, 2.75) is 45.6 Å². The molecule has 13 heavy (non-hydrogen) atoms. The Balaban J connectivity index is 1.90. The molecule has 0 amide bonds. The molecular weight excluding hydrogens is 160 g/mol. The number of hydrogen-bond acceptors (Lipinski definition) is 1. The first-order valence-electron chi connectivity index (χ1n) is 5.75. The molecule has 0 spiro atoms. The summed E-state index contributed by atoms with van der Waals surface area (Å²) in [6.07, 6.45) is 5.39. The van der Waals surface area contributed by atoms with Crippen LogP contribution in [0.2, 0.25) is 0 Å². The molecule has 0 aromatic heterocycles. The highest BCUT2D eigenvalue weighted by atomic mass is 16.3. The van der Waals surface area contributed by atoms with Gasteiger partial charge in [-0.05, 0) is 54.8 Å². The number of hydrogen-bond donors (Lipinski definition) is 1. The number of aliphatic hydroxyl groups is 1. The van der Waals surface area contributed by atoms with Gasteiger partial charge in [-0.1, -0.05) is 13.8 Å². The zero-order chi connectivity index (χ0) is 9.22. The molecule has 3 aliphatic rings. The van der Waals surface area contributed by atoms with Crippen LogP contribution in [0.5, 0.6) is 0 Å². The highest BCUT2D eigenvalue weighted by molar-refractivity contribution is 5.06. The minimum atomic E-state index is 0.0563. The van der Waals surface area contributed by atoms with E-state index in [0.717, 1.165) is 11.8 Å². The summed E-state index contributed by atoms with van der Waals surface area (Å²) in [4.78, 5) is 0. The van der Waals surface area contributed by atoms with E-state index in [9.17, 15) is 5.11 Å². The Morgan fingerprint density at radius 1 is 1.00 bits per heavy atom. The molecule has 74 valence electrons. The molecule has 2 bridgehead atoms. The van der Waals surface area contributed by atoms with Crippen molar-refractivity contribution in [3.63, 3.8) is 0 Å². The Kier molecular flexibility index (Phi) is 1.47. The van der Waals surface area contributed by atoms with Crippen LogP contribution in [0.25, 0.3) is 0 Å². The zero-order valence-corrected chi connectivity index (χ0v) is 8.66. The maximum atomic E-state index is 10.1. The van der Waals surface area contributed by atoms with Gasteiger partial charge in [0.25, 0.3) is 0 Å². The second-order valence-electron chi connectivity index (χ2n) is 6.38. The molecule has 3 rings (SSSR count). The third kappa shape index (κ3) is 1.03. The zero-order valence-electron chi connectivity index (χ0n) is 8.66. The average Bonchev–Trinajstić information content (AvgIpc) is 2.17. The van der Waals surface area contributed by atoms with Gasteiger partial charge in [0, 0.05) is 0 Å². The summed E-state index contributed by atoms with van der Waals surface area (Å²) in [7, 11) is 0. The van der Waals surface area contributed by atoms with E-state index >= 15 is 0 Å². The molecule has 0 aromatic carbocycles.